The van der Waals surface area contributed by atoms with Crippen LogP contribution in [-0.2, 0) is 9.59 Å². The Balaban J connectivity index is 1.58. The summed E-state index contributed by atoms with van der Waals surface area (Å²) >= 11 is 0. The van der Waals surface area contributed by atoms with E-state index >= 15 is 0 Å². The highest BCUT2D eigenvalue weighted by atomic mass is 16.2. The number of amides is 1. The summed E-state index contributed by atoms with van der Waals surface area (Å²) in [6, 6.07) is 0. The van der Waals surface area contributed by atoms with E-state index in [1.807, 2.05) is 11.8 Å². The molecule has 0 bridgehead atoms. The first kappa shape index (κ1) is 19.4. The van der Waals surface area contributed by atoms with Crippen LogP contribution < -0.4 is 0 Å². The quantitative estimate of drug-likeness (QED) is 0.636. The fourth-order valence-electron chi connectivity index (χ4n) is 3.69. The SMILES string of the molecule is CCC(=O)CCCCC(=O)N1CCC(CN2CCN(C)CC2)CC1. The second-order valence-corrected chi connectivity index (χ2v) is 7.53. The van der Waals surface area contributed by atoms with Gasteiger partial charge in [0.1, 0.15) is 5.78 Å². The van der Waals surface area contributed by atoms with E-state index < -0.39 is 0 Å². The van der Waals surface area contributed by atoms with Crippen LogP contribution in [0.25, 0.3) is 0 Å². The second-order valence-electron chi connectivity index (χ2n) is 7.53. The number of carbonyl (C=O) groups is 2. The van der Waals surface area contributed by atoms with Crippen molar-refractivity contribution in [2.45, 2.75) is 51.9 Å². The number of likely N-dealkylation sites (tertiary alicyclic amines) is 1. The average Bonchev–Trinajstić information content (AvgIpc) is 2.61. The zero-order valence-corrected chi connectivity index (χ0v) is 15.6. The number of rotatable bonds is 8. The van der Waals surface area contributed by atoms with E-state index in [2.05, 4.69) is 16.8 Å². The highest BCUT2D eigenvalue weighted by Crippen LogP contribution is 2.20. The Bertz CT molecular complexity index is 397. The number of hydrogen-bond donors (Lipinski definition) is 0. The van der Waals surface area contributed by atoms with Crippen LogP contribution in [0.1, 0.15) is 51.9 Å². The standard InChI is InChI=1S/C19H35N3O2/c1-3-18(23)6-4-5-7-19(24)22-10-8-17(9-11-22)16-21-14-12-20(2)13-15-21/h17H,3-16H2,1-2H3. The number of piperidine rings is 1. The Kier molecular flexibility index (Phi) is 8.19. The monoisotopic (exact) mass is 337 g/mol. The minimum Gasteiger partial charge on any atom is -0.343 e. The zero-order valence-electron chi connectivity index (χ0n) is 15.6. The molecule has 0 saturated carbocycles. The summed E-state index contributed by atoms with van der Waals surface area (Å²) in [5.74, 6) is 1.35. The highest BCUT2D eigenvalue weighted by Gasteiger charge is 2.25. The Morgan fingerprint density at radius 2 is 1.54 bits per heavy atom. The molecule has 24 heavy (non-hydrogen) atoms. The first-order valence-electron chi connectivity index (χ1n) is 9.79. The van der Waals surface area contributed by atoms with Crippen LogP contribution in [-0.4, -0.2) is 79.3 Å². The van der Waals surface area contributed by atoms with E-state index in [4.69, 9.17) is 0 Å². The van der Waals surface area contributed by atoms with Gasteiger partial charge in [0.2, 0.25) is 5.91 Å². The molecule has 0 spiro atoms. The van der Waals surface area contributed by atoms with E-state index in [-0.39, 0.29) is 5.91 Å². The van der Waals surface area contributed by atoms with Crippen LogP contribution >= 0.6 is 0 Å². The van der Waals surface area contributed by atoms with Gasteiger partial charge in [-0.2, -0.15) is 0 Å². The Labute approximate surface area is 147 Å². The molecule has 0 unspecified atom stereocenters. The molecule has 138 valence electrons. The van der Waals surface area contributed by atoms with Gasteiger partial charge >= 0.3 is 0 Å². The molecule has 2 saturated heterocycles. The van der Waals surface area contributed by atoms with Crippen LogP contribution in [0.2, 0.25) is 0 Å². The van der Waals surface area contributed by atoms with E-state index in [0.29, 0.717) is 25.0 Å². The Hall–Kier alpha value is -0.940. The number of carbonyl (C=O) groups excluding carboxylic acids is 2. The van der Waals surface area contributed by atoms with Gasteiger partial charge in [0.25, 0.3) is 0 Å². The molecule has 0 N–H and O–H groups in total. The molecule has 0 aliphatic carbocycles. The van der Waals surface area contributed by atoms with Gasteiger partial charge in [-0.25, -0.2) is 0 Å². The second kappa shape index (κ2) is 10.1. The summed E-state index contributed by atoms with van der Waals surface area (Å²) in [6.45, 7) is 9.68. The van der Waals surface area contributed by atoms with Crippen LogP contribution in [0.5, 0.6) is 0 Å². The van der Waals surface area contributed by atoms with Crippen molar-refractivity contribution in [2.75, 3.05) is 52.9 Å². The molecule has 1 amide bonds. The fraction of sp³-hybridized carbons (Fsp3) is 0.895. The van der Waals surface area contributed by atoms with Crippen LogP contribution in [0.3, 0.4) is 0 Å². The number of likely N-dealkylation sites (N-methyl/N-ethyl adjacent to an activating group) is 1. The number of nitrogens with zero attached hydrogens (tertiary/aromatic N) is 3. The van der Waals surface area contributed by atoms with Gasteiger partial charge in [-0.05, 0) is 38.6 Å². The minimum atomic E-state index is 0.289. The van der Waals surface area contributed by atoms with E-state index in [1.165, 1.54) is 32.7 Å². The number of ketones is 1. The average molecular weight is 338 g/mol. The first-order valence-corrected chi connectivity index (χ1v) is 9.79. The maximum absolute atomic E-state index is 12.3. The lowest BCUT2D eigenvalue weighted by molar-refractivity contribution is -0.133. The molecule has 2 aliphatic heterocycles. The van der Waals surface area contributed by atoms with Gasteiger partial charge in [-0.15, -0.1) is 0 Å². The summed E-state index contributed by atoms with van der Waals surface area (Å²) in [4.78, 5) is 30.6. The molecular weight excluding hydrogens is 302 g/mol. The topological polar surface area (TPSA) is 43.9 Å². The van der Waals surface area contributed by atoms with Crippen molar-refractivity contribution < 1.29 is 9.59 Å². The summed E-state index contributed by atoms with van der Waals surface area (Å²) in [5.41, 5.74) is 0. The third-order valence-electron chi connectivity index (χ3n) is 5.57. The molecule has 2 heterocycles. The van der Waals surface area contributed by atoms with Gasteiger partial charge in [0, 0.05) is 65.1 Å². The van der Waals surface area contributed by atoms with E-state index in [9.17, 15) is 9.59 Å². The maximum Gasteiger partial charge on any atom is 0.222 e. The van der Waals surface area contributed by atoms with Gasteiger partial charge in [-0.1, -0.05) is 6.92 Å². The maximum atomic E-state index is 12.3. The van der Waals surface area contributed by atoms with E-state index in [1.54, 1.807) is 0 Å². The van der Waals surface area contributed by atoms with Crippen molar-refractivity contribution in [1.29, 1.82) is 0 Å². The predicted octanol–water partition coefficient (Wildman–Crippen LogP) is 2.01. The summed E-state index contributed by atoms with van der Waals surface area (Å²) < 4.78 is 0. The molecule has 0 aromatic heterocycles. The highest BCUT2D eigenvalue weighted by molar-refractivity contribution is 5.78. The summed E-state index contributed by atoms with van der Waals surface area (Å²) in [6.07, 6.45) is 5.87. The molecule has 5 heteroatoms. The van der Waals surface area contributed by atoms with Crippen molar-refractivity contribution in [3.05, 3.63) is 0 Å². The number of unbranched alkanes of at least 4 members (excludes halogenated alkanes) is 1. The zero-order chi connectivity index (χ0) is 17.4. The van der Waals surface area contributed by atoms with Gasteiger partial charge in [-0.3, -0.25) is 9.59 Å². The van der Waals surface area contributed by atoms with Gasteiger partial charge < -0.3 is 14.7 Å². The molecule has 5 nitrogen and oxygen atoms in total. The molecule has 0 aromatic rings. The van der Waals surface area contributed by atoms with Crippen LogP contribution in [0, 0.1) is 5.92 Å². The van der Waals surface area contributed by atoms with Gasteiger partial charge in [0.05, 0.1) is 0 Å². The van der Waals surface area contributed by atoms with Crippen molar-refractivity contribution in [1.82, 2.24) is 14.7 Å². The number of hydrogen-bond acceptors (Lipinski definition) is 4. The number of piperazine rings is 1. The molecule has 2 aliphatic rings. The lowest BCUT2D eigenvalue weighted by atomic mass is 9.95. The van der Waals surface area contributed by atoms with Crippen LogP contribution in [0.15, 0.2) is 0 Å². The Morgan fingerprint density at radius 3 is 2.17 bits per heavy atom. The molecular formula is C19H35N3O2. The smallest absolute Gasteiger partial charge is 0.222 e. The van der Waals surface area contributed by atoms with Crippen molar-refractivity contribution in [3.63, 3.8) is 0 Å². The summed E-state index contributed by atoms with van der Waals surface area (Å²) in [7, 11) is 2.19. The minimum absolute atomic E-state index is 0.289. The fourth-order valence-corrected chi connectivity index (χ4v) is 3.69. The van der Waals surface area contributed by atoms with E-state index in [0.717, 1.165) is 44.7 Å². The number of Topliss-reactive ketones (excluding diaryl/α,β-unsaturated/α-hetero) is 1. The lowest BCUT2D eigenvalue weighted by Gasteiger charge is -2.38. The third kappa shape index (κ3) is 6.52. The van der Waals surface area contributed by atoms with Crippen molar-refractivity contribution in [3.8, 4) is 0 Å². The van der Waals surface area contributed by atoms with Gasteiger partial charge in [0.15, 0.2) is 0 Å². The molecule has 0 atom stereocenters. The molecule has 2 rings (SSSR count). The predicted molar refractivity (Wildman–Crippen MR) is 97.0 cm³/mol. The lowest BCUT2D eigenvalue weighted by Crippen LogP contribution is -2.47. The largest absolute Gasteiger partial charge is 0.343 e. The first-order chi connectivity index (χ1) is 11.6. The molecule has 0 radical (unpaired) electrons. The third-order valence-corrected chi connectivity index (χ3v) is 5.57. The van der Waals surface area contributed by atoms with Crippen LogP contribution in [0.4, 0.5) is 0 Å². The Morgan fingerprint density at radius 1 is 0.917 bits per heavy atom. The normalized spacial score (nSPS) is 21.2. The van der Waals surface area contributed by atoms with Crippen molar-refractivity contribution >= 4 is 11.7 Å². The molecule has 2 fully saturated rings. The molecule has 0 aromatic carbocycles. The summed E-state index contributed by atoms with van der Waals surface area (Å²) in [5, 5.41) is 0. The van der Waals surface area contributed by atoms with Crippen molar-refractivity contribution in [2.24, 2.45) is 5.92 Å².